The summed E-state index contributed by atoms with van der Waals surface area (Å²) in [5.74, 6) is 0.260. The molecular formula is C13H14ClN3O2S. The van der Waals surface area contributed by atoms with Crippen molar-refractivity contribution in [3.63, 3.8) is 0 Å². The molecule has 5 nitrogen and oxygen atoms in total. The molecule has 0 unspecified atom stereocenters. The average Bonchev–Trinajstić information content (AvgIpc) is 2.25. The normalized spacial score (nSPS) is 11.3. The lowest BCUT2D eigenvalue weighted by Crippen LogP contribution is -2.15. The number of hydrogen-bond acceptors (Lipinski definition) is 4. The van der Waals surface area contributed by atoms with Crippen LogP contribution in [0.3, 0.4) is 0 Å². The van der Waals surface area contributed by atoms with E-state index in [2.05, 4.69) is 9.71 Å². The molecule has 0 aliphatic heterocycles. The van der Waals surface area contributed by atoms with Crippen LogP contribution in [0.2, 0.25) is 5.02 Å². The number of sulfonamides is 1. The molecule has 0 aliphatic rings. The highest BCUT2D eigenvalue weighted by atomic mass is 35.5. The van der Waals surface area contributed by atoms with Gasteiger partial charge in [-0.1, -0.05) is 11.6 Å². The minimum atomic E-state index is -3.79. The average molecular weight is 312 g/mol. The van der Waals surface area contributed by atoms with Gasteiger partial charge in [-0.25, -0.2) is 13.4 Å². The maximum absolute atomic E-state index is 12.3. The van der Waals surface area contributed by atoms with E-state index in [9.17, 15) is 8.42 Å². The molecule has 1 aromatic carbocycles. The summed E-state index contributed by atoms with van der Waals surface area (Å²) in [7, 11) is -3.79. The molecule has 0 aliphatic carbocycles. The maximum atomic E-state index is 12.3. The lowest BCUT2D eigenvalue weighted by Gasteiger charge is -2.10. The number of pyridine rings is 1. The molecule has 0 amide bonds. The molecule has 2 aromatic rings. The maximum Gasteiger partial charge on any atom is 0.264 e. The molecule has 0 saturated carbocycles. The minimum absolute atomic E-state index is 0.0330. The Morgan fingerprint density at radius 3 is 2.50 bits per heavy atom. The Balaban J connectivity index is 2.40. The largest absolute Gasteiger partial charge is 0.399 e. The Kier molecular flexibility index (Phi) is 3.87. The van der Waals surface area contributed by atoms with Gasteiger partial charge in [0.2, 0.25) is 0 Å². The van der Waals surface area contributed by atoms with Gasteiger partial charge in [0.05, 0.1) is 5.02 Å². The molecule has 0 atom stereocenters. The number of benzene rings is 1. The molecule has 0 spiro atoms. The van der Waals surface area contributed by atoms with Crippen molar-refractivity contribution in [2.75, 3.05) is 10.5 Å². The number of aryl methyl sites for hydroxylation is 2. The summed E-state index contributed by atoms with van der Waals surface area (Å²) in [5, 5.41) is 0.0712. The quantitative estimate of drug-likeness (QED) is 0.853. The van der Waals surface area contributed by atoms with E-state index in [0.717, 1.165) is 11.3 Å². The lowest BCUT2D eigenvalue weighted by atomic mass is 10.2. The summed E-state index contributed by atoms with van der Waals surface area (Å²) in [6, 6.07) is 7.74. The van der Waals surface area contributed by atoms with Gasteiger partial charge < -0.3 is 5.73 Å². The molecular weight excluding hydrogens is 298 g/mol. The highest BCUT2D eigenvalue weighted by Gasteiger charge is 2.18. The van der Waals surface area contributed by atoms with Gasteiger partial charge in [-0.2, -0.15) is 0 Å². The van der Waals surface area contributed by atoms with Gasteiger partial charge in [-0.15, -0.1) is 0 Å². The fourth-order valence-electron chi connectivity index (χ4n) is 1.82. The molecule has 1 aromatic heterocycles. The summed E-state index contributed by atoms with van der Waals surface area (Å²) in [6.45, 7) is 3.66. The standard InChI is InChI=1S/C13H14ClN3O2S/c1-8-5-9(2)16-13(6-8)17-20(18,19)12-4-3-10(15)7-11(12)14/h3-7H,15H2,1-2H3,(H,16,17). The van der Waals surface area contributed by atoms with Crippen LogP contribution in [0, 0.1) is 13.8 Å². The van der Waals surface area contributed by atoms with Gasteiger partial charge in [0, 0.05) is 11.4 Å². The number of nitrogen functional groups attached to an aromatic ring is 1. The molecule has 0 radical (unpaired) electrons. The summed E-state index contributed by atoms with van der Waals surface area (Å²) in [4.78, 5) is 4.10. The Bertz CT molecular complexity index is 740. The third-order valence-corrected chi connectivity index (χ3v) is 4.42. The van der Waals surface area contributed by atoms with Gasteiger partial charge in [0.1, 0.15) is 10.7 Å². The minimum Gasteiger partial charge on any atom is -0.399 e. The summed E-state index contributed by atoms with van der Waals surface area (Å²) >= 11 is 5.92. The van der Waals surface area contributed by atoms with Gasteiger partial charge in [0.15, 0.2) is 0 Å². The smallest absolute Gasteiger partial charge is 0.264 e. The van der Waals surface area contributed by atoms with Crippen molar-refractivity contribution in [3.8, 4) is 0 Å². The van der Waals surface area contributed by atoms with Crippen LogP contribution in [0.25, 0.3) is 0 Å². The zero-order valence-corrected chi connectivity index (χ0v) is 12.6. The third kappa shape index (κ3) is 3.20. The zero-order valence-electron chi connectivity index (χ0n) is 11.0. The third-order valence-electron chi connectivity index (χ3n) is 2.58. The molecule has 1 heterocycles. The lowest BCUT2D eigenvalue weighted by molar-refractivity contribution is 0.601. The summed E-state index contributed by atoms with van der Waals surface area (Å²) in [5.41, 5.74) is 7.60. The monoisotopic (exact) mass is 311 g/mol. The number of aromatic nitrogens is 1. The first-order valence-corrected chi connectivity index (χ1v) is 7.67. The van der Waals surface area contributed by atoms with E-state index in [0.29, 0.717) is 5.69 Å². The summed E-state index contributed by atoms with van der Waals surface area (Å²) in [6.07, 6.45) is 0. The van der Waals surface area contributed by atoms with Crippen molar-refractivity contribution in [3.05, 3.63) is 46.6 Å². The van der Waals surface area contributed by atoms with Crippen LogP contribution >= 0.6 is 11.6 Å². The van der Waals surface area contributed by atoms with Crippen molar-refractivity contribution in [2.24, 2.45) is 0 Å². The number of rotatable bonds is 3. The van der Waals surface area contributed by atoms with Crippen molar-refractivity contribution < 1.29 is 8.42 Å². The van der Waals surface area contributed by atoms with E-state index >= 15 is 0 Å². The van der Waals surface area contributed by atoms with Gasteiger partial charge >= 0.3 is 0 Å². The van der Waals surface area contributed by atoms with E-state index in [4.69, 9.17) is 17.3 Å². The second-order valence-electron chi connectivity index (χ2n) is 4.47. The molecule has 106 valence electrons. The van der Waals surface area contributed by atoms with Crippen LogP contribution in [-0.4, -0.2) is 13.4 Å². The van der Waals surface area contributed by atoms with E-state index in [1.807, 2.05) is 13.0 Å². The molecule has 0 bridgehead atoms. The summed E-state index contributed by atoms with van der Waals surface area (Å²) < 4.78 is 27.0. The van der Waals surface area contributed by atoms with Gasteiger partial charge in [-0.3, -0.25) is 4.72 Å². The number of nitrogens with one attached hydrogen (secondary N) is 1. The van der Waals surface area contributed by atoms with Crippen molar-refractivity contribution in [1.29, 1.82) is 0 Å². The Labute approximate surface area is 122 Å². The zero-order chi connectivity index (χ0) is 14.9. The predicted octanol–water partition coefficient (Wildman–Crippen LogP) is 2.73. The molecule has 0 fully saturated rings. The number of halogens is 1. The number of nitrogens with zero attached hydrogens (tertiary/aromatic N) is 1. The number of hydrogen-bond donors (Lipinski definition) is 2. The molecule has 7 heteroatoms. The first-order valence-electron chi connectivity index (χ1n) is 5.81. The highest BCUT2D eigenvalue weighted by Crippen LogP contribution is 2.25. The molecule has 3 N–H and O–H groups in total. The van der Waals surface area contributed by atoms with E-state index in [1.165, 1.54) is 18.2 Å². The fraction of sp³-hybridized carbons (Fsp3) is 0.154. The number of anilines is 2. The molecule has 20 heavy (non-hydrogen) atoms. The SMILES string of the molecule is Cc1cc(C)nc(NS(=O)(=O)c2ccc(N)cc2Cl)c1. The van der Waals surface area contributed by atoms with Crippen molar-refractivity contribution >= 4 is 33.1 Å². The van der Waals surface area contributed by atoms with Gasteiger partial charge in [0.25, 0.3) is 10.0 Å². The fourth-order valence-corrected chi connectivity index (χ4v) is 3.37. The second-order valence-corrected chi connectivity index (χ2v) is 6.52. The molecule has 0 saturated heterocycles. The predicted molar refractivity (Wildman–Crippen MR) is 80.4 cm³/mol. The second kappa shape index (κ2) is 5.30. The van der Waals surface area contributed by atoms with Crippen LogP contribution in [-0.2, 0) is 10.0 Å². The van der Waals surface area contributed by atoms with Crippen LogP contribution in [0.4, 0.5) is 11.5 Å². The van der Waals surface area contributed by atoms with Crippen LogP contribution in [0.15, 0.2) is 35.2 Å². The van der Waals surface area contributed by atoms with E-state index < -0.39 is 10.0 Å². The number of nitrogens with two attached hydrogens (primary N) is 1. The van der Waals surface area contributed by atoms with E-state index in [-0.39, 0.29) is 15.7 Å². The van der Waals surface area contributed by atoms with Crippen LogP contribution in [0.5, 0.6) is 0 Å². The Morgan fingerprint density at radius 2 is 1.90 bits per heavy atom. The van der Waals surface area contributed by atoms with Crippen molar-refractivity contribution in [2.45, 2.75) is 18.7 Å². The Hall–Kier alpha value is -1.79. The topological polar surface area (TPSA) is 85.1 Å². The van der Waals surface area contributed by atoms with Crippen LogP contribution in [0.1, 0.15) is 11.3 Å². The first kappa shape index (κ1) is 14.6. The highest BCUT2D eigenvalue weighted by molar-refractivity contribution is 7.92. The first-order chi connectivity index (χ1) is 9.28. The van der Waals surface area contributed by atoms with E-state index in [1.54, 1.807) is 13.0 Å². The van der Waals surface area contributed by atoms with Gasteiger partial charge in [-0.05, 0) is 49.7 Å². The molecule has 2 rings (SSSR count). The van der Waals surface area contributed by atoms with Crippen molar-refractivity contribution in [1.82, 2.24) is 4.98 Å². The Morgan fingerprint density at radius 1 is 1.20 bits per heavy atom. The van der Waals surface area contributed by atoms with Crippen LogP contribution < -0.4 is 10.5 Å².